The van der Waals surface area contributed by atoms with Gasteiger partial charge in [-0.2, -0.15) is 13.2 Å². The van der Waals surface area contributed by atoms with E-state index in [4.69, 9.17) is 4.74 Å². The summed E-state index contributed by atoms with van der Waals surface area (Å²) < 4.78 is 42.8. The summed E-state index contributed by atoms with van der Waals surface area (Å²) in [4.78, 5) is 13.8. The van der Waals surface area contributed by atoms with Crippen LogP contribution in [0, 0.1) is 0 Å². The monoisotopic (exact) mass is 322 g/mol. The van der Waals surface area contributed by atoms with Gasteiger partial charge in [-0.3, -0.25) is 0 Å². The number of carbonyl (C=O) groups is 1. The summed E-state index contributed by atoms with van der Waals surface area (Å²) in [6, 6.07) is -0.519. The molecule has 22 heavy (non-hydrogen) atoms. The fourth-order valence-corrected chi connectivity index (χ4v) is 3.18. The van der Waals surface area contributed by atoms with Crippen LogP contribution >= 0.6 is 0 Å². The quantitative estimate of drug-likeness (QED) is 0.842. The molecule has 0 aromatic heterocycles. The Bertz CT molecular complexity index is 372. The van der Waals surface area contributed by atoms with Crippen LogP contribution in [-0.2, 0) is 4.74 Å². The SMILES string of the molecule is CO[C@@H]1CCCC[C@H]1NC(=O)N(CCC(F)(F)F)C1CCC1. The summed E-state index contributed by atoms with van der Waals surface area (Å²) in [7, 11) is 1.61. The van der Waals surface area contributed by atoms with Gasteiger partial charge in [0.05, 0.1) is 18.6 Å². The molecule has 2 aliphatic carbocycles. The molecule has 0 aliphatic heterocycles. The van der Waals surface area contributed by atoms with Crippen LogP contribution in [0.2, 0.25) is 0 Å². The Morgan fingerprint density at radius 1 is 1.18 bits per heavy atom. The minimum atomic E-state index is -4.23. The van der Waals surface area contributed by atoms with E-state index in [1.165, 1.54) is 4.90 Å². The molecule has 2 amide bonds. The van der Waals surface area contributed by atoms with Gasteiger partial charge in [0.2, 0.25) is 0 Å². The van der Waals surface area contributed by atoms with Crippen molar-refractivity contribution >= 4 is 6.03 Å². The first-order valence-electron chi connectivity index (χ1n) is 8.07. The number of halogens is 3. The predicted molar refractivity (Wildman–Crippen MR) is 76.6 cm³/mol. The Hall–Kier alpha value is -0.980. The normalized spacial score (nSPS) is 26.4. The zero-order chi connectivity index (χ0) is 16.2. The van der Waals surface area contributed by atoms with Crippen molar-refractivity contribution in [1.82, 2.24) is 10.2 Å². The van der Waals surface area contributed by atoms with Gasteiger partial charge in [0.25, 0.3) is 0 Å². The molecule has 0 bridgehead atoms. The number of ether oxygens (including phenoxy) is 1. The second kappa shape index (κ2) is 7.53. The molecule has 0 unspecified atom stereocenters. The minimum Gasteiger partial charge on any atom is -0.379 e. The van der Waals surface area contributed by atoms with Crippen molar-refractivity contribution in [2.24, 2.45) is 0 Å². The molecule has 2 rings (SSSR count). The zero-order valence-electron chi connectivity index (χ0n) is 13.0. The maximum Gasteiger partial charge on any atom is 0.390 e. The summed E-state index contributed by atoms with van der Waals surface area (Å²) in [5.41, 5.74) is 0. The number of amides is 2. The molecule has 2 aliphatic rings. The van der Waals surface area contributed by atoms with Crippen LogP contribution in [-0.4, -0.2) is 48.9 Å². The first kappa shape index (κ1) is 17.4. The maximum atomic E-state index is 12.5. The summed E-state index contributed by atoms with van der Waals surface area (Å²) in [5, 5.41) is 2.90. The Morgan fingerprint density at radius 3 is 2.41 bits per heavy atom. The van der Waals surface area contributed by atoms with Crippen LogP contribution in [0.1, 0.15) is 51.4 Å². The predicted octanol–water partition coefficient (Wildman–Crippen LogP) is 3.46. The van der Waals surface area contributed by atoms with Crippen molar-refractivity contribution in [3.8, 4) is 0 Å². The number of carbonyl (C=O) groups excluding carboxylic acids is 1. The average molecular weight is 322 g/mol. The summed E-state index contributed by atoms with van der Waals surface area (Å²) >= 11 is 0. The first-order valence-corrected chi connectivity index (χ1v) is 8.07. The Kier molecular flexibility index (Phi) is 5.94. The highest BCUT2D eigenvalue weighted by Crippen LogP contribution is 2.28. The van der Waals surface area contributed by atoms with E-state index in [1.807, 2.05) is 0 Å². The molecule has 0 radical (unpaired) electrons. The molecule has 128 valence electrons. The van der Waals surface area contributed by atoms with Gasteiger partial charge in [0.1, 0.15) is 0 Å². The zero-order valence-corrected chi connectivity index (χ0v) is 13.0. The lowest BCUT2D eigenvalue weighted by Gasteiger charge is -2.40. The van der Waals surface area contributed by atoms with Crippen LogP contribution in [0.3, 0.4) is 0 Å². The summed E-state index contributed by atoms with van der Waals surface area (Å²) in [5.74, 6) is 0. The molecule has 2 saturated carbocycles. The first-order chi connectivity index (χ1) is 10.4. The molecular weight excluding hydrogens is 297 g/mol. The van der Waals surface area contributed by atoms with Crippen molar-refractivity contribution < 1.29 is 22.7 Å². The van der Waals surface area contributed by atoms with Crippen LogP contribution in [0.15, 0.2) is 0 Å². The molecule has 2 atom stereocenters. The Balaban J connectivity index is 1.92. The van der Waals surface area contributed by atoms with Crippen LogP contribution in [0.5, 0.6) is 0 Å². The topological polar surface area (TPSA) is 41.6 Å². The number of hydrogen-bond donors (Lipinski definition) is 1. The van der Waals surface area contributed by atoms with E-state index in [9.17, 15) is 18.0 Å². The van der Waals surface area contributed by atoms with E-state index in [-0.39, 0.29) is 30.8 Å². The molecule has 2 fully saturated rings. The molecule has 0 aromatic carbocycles. The average Bonchev–Trinajstić information content (AvgIpc) is 2.40. The molecule has 0 saturated heterocycles. The third-order valence-corrected chi connectivity index (χ3v) is 4.73. The Morgan fingerprint density at radius 2 is 1.86 bits per heavy atom. The van der Waals surface area contributed by atoms with E-state index in [1.54, 1.807) is 7.11 Å². The molecule has 0 aromatic rings. The third-order valence-electron chi connectivity index (χ3n) is 4.73. The molecule has 0 heterocycles. The van der Waals surface area contributed by atoms with Crippen LogP contribution in [0.4, 0.5) is 18.0 Å². The van der Waals surface area contributed by atoms with Gasteiger partial charge in [0.15, 0.2) is 0 Å². The number of rotatable bonds is 5. The molecule has 4 nitrogen and oxygen atoms in total. The second-order valence-electron chi connectivity index (χ2n) is 6.26. The number of urea groups is 1. The van der Waals surface area contributed by atoms with Crippen molar-refractivity contribution in [2.75, 3.05) is 13.7 Å². The minimum absolute atomic E-state index is 0.0384. The number of nitrogens with zero attached hydrogens (tertiary/aromatic N) is 1. The highest BCUT2D eigenvalue weighted by atomic mass is 19.4. The second-order valence-corrected chi connectivity index (χ2v) is 6.26. The van der Waals surface area contributed by atoms with Crippen molar-refractivity contribution in [3.05, 3.63) is 0 Å². The van der Waals surface area contributed by atoms with Crippen molar-refractivity contribution in [2.45, 2.75) is 75.7 Å². The van der Waals surface area contributed by atoms with Gasteiger partial charge in [-0.05, 0) is 32.1 Å². The lowest BCUT2D eigenvalue weighted by Crippen LogP contribution is -2.55. The largest absolute Gasteiger partial charge is 0.390 e. The highest BCUT2D eigenvalue weighted by molar-refractivity contribution is 5.75. The maximum absolute atomic E-state index is 12.5. The lowest BCUT2D eigenvalue weighted by atomic mass is 9.91. The standard InChI is InChI=1S/C15H25F3N2O2/c1-22-13-8-3-2-7-12(13)19-14(21)20(11-5-4-6-11)10-9-15(16,17)18/h11-13H,2-10H2,1H3,(H,19,21)/t12-,13-/m1/s1. The van der Waals surface area contributed by atoms with Gasteiger partial charge in [-0.1, -0.05) is 12.8 Å². The molecule has 0 spiro atoms. The van der Waals surface area contributed by atoms with E-state index in [0.717, 1.165) is 44.9 Å². The van der Waals surface area contributed by atoms with Gasteiger partial charge in [0, 0.05) is 19.7 Å². The molecular formula is C15H25F3N2O2. The van der Waals surface area contributed by atoms with E-state index >= 15 is 0 Å². The van der Waals surface area contributed by atoms with E-state index in [0.29, 0.717) is 0 Å². The van der Waals surface area contributed by atoms with Crippen LogP contribution in [0.25, 0.3) is 0 Å². The van der Waals surface area contributed by atoms with Gasteiger partial charge >= 0.3 is 12.2 Å². The highest BCUT2D eigenvalue weighted by Gasteiger charge is 2.35. The molecule has 7 heteroatoms. The number of methoxy groups -OCH3 is 1. The van der Waals surface area contributed by atoms with Crippen molar-refractivity contribution in [3.63, 3.8) is 0 Å². The van der Waals surface area contributed by atoms with Crippen LogP contribution < -0.4 is 5.32 Å². The summed E-state index contributed by atoms with van der Waals surface area (Å²) in [6.07, 6.45) is 1.12. The number of nitrogens with one attached hydrogen (secondary N) is 1. The Labute approximate surface area is 129 Å². The van der Waals surface area contributed by atoms with E-state index < -0.39 is 12.6 Å². The van der Waals surface area contributed by atoms with Gasteiger partial charge in [-0.15, -0.1) is 0 Å². The van der Waals surface area contributed by atoms with Gasteiger partial charge < -0.3 is 15.0 Å². The van der Waals surface area contributed by atoms with Gasteiger partial charge in [-0.25, -0.2) is 4.79 Å². The van der Waals surface area contributed by atoms with Crippen molar-refractivity contribution in [1.29, 1.82) is 0 Å². The number of hydrogen-bond acceptors (Lipinski definition) is 2. The summed E-state index contributed by atoms with van der Waals surface area (Å²) in [6.45, 7) is -0.260. The lowest BCUT2D eigenvalue weighted by molar-refractivity contribution is -0.138. The fraction of sp³-hybridized carbons (Fsp3) is 0.933. The number of alkyl halides is 3. The fourth-order valence-electron chi connectivity index (χ4n) is 3.18. The smallest absolute Gasteiger partial charge is 0.379 e. The molecule has 1 N–H and O–H groups in total. The third kappa shape index (κ3) is 4.76. The van der Waals surface area contributed by atoms with E-state index in [2.05, 4.69) is 5.32 Å².